The topological polar surface area (TPSA) is 99.3 Å². The van der Waals surface area contributed by atoms with Crippen LogP contribution in [0.5, 0.6) is 5.75 Å². The number of aromatic nitrogens is 2. The quantitative estimate of drug-likeness (QED) is 0.778. The summed E-state index contributed by atoms with van der Waals surface area (Å²) in [7, 11) is 1.59. The fraction of sp³-hybridized carbons (Fsp3) is 0.211. The van der Waals surface area contributed by atoms with Crippen LogP contribution in [0.4, 0.5) is 0 Å². The number of hydrogen-bond donors (Lipinski definition) is 3. The van der Waals surface area contributed by atoms with E-state index in [2.05, 4.69) is 9.97 Å². The van der Waals surface area contributed by atoms with E-state index < -0.39 is 6.10 Å². The van der Waals surface area contributed by atoms with Crippen molar-refractivity contribution >= 4 is 11.3 Å². The zero-order valence-electron chi connectivity index (χ0n) is 13.8. The number of rotatable bonds is 5. The Morgan fingerprint density at radius 3 is 2.64 bits per heavy atom. The highest BCUT2D eigenvalue weighted by Gasteiger charge is 2.16. The van der Waals surface area contributed by atoms with Gasteiger partial charge in [-0.15, -0.1) is 0 Å². The molecule has 1 aliphatic carbocycles. The molecule has 0 fully saturated rings. The van der Waals surface area contributed by atoms with E-state index in [4.69, 9.17) is 15.3 Å². The van der Waals surface area contributed by atoms with E-state index in [9.17, 15) is 5.11 Å². The molecule has 1 aromatic heterocycles. The van der Waals surface area contributed by atoms with Crippen molar-refractivity contribution in [3.05, 3.63) is 71.3 Å². The average molecular weight is 337 g/mol. The molecule has 0 radical (unpaired) electrons. The summed E-state index contributed by atoms with van der Waals surface area (Å²) in [5.74, 6) is 0.982. The smallest absolute Gasteiger partial charge is 0.153 e. The van der Waals surface area contributed by atoms with Crippen LogP contribution in [0.15, 0.2) is 48.8 Å². The van der Waals surface area contributed by atoms with Crippen molar-refractivity contribution in [1.82, 2.24) is 9.97 Å². The second-order valence-corrected chi connectivity index (χ2v) is 5.68. The van der Waals surface area contributed by atoms with Gasteiger partial charge < -0.3 is 20.4 Å². The van der Waals surface area contributed by atoms with Crippen molar-refractivity contribution in [2.75, 3.05) is 7.11 Å². The number of hydrogen-bond acceptors (Lipinski definition) is 6. The Bertz CT molecular complexity index is 841. The van der Waals surface area contributed by atoms with Crippen LogP contribution < -0.4 is 4.74 Å². The van der Waals surface area contributed by atoms with Crippen molar-refractivity contribution in [3.8, 4) is 5.75 Å². The molecule has 0 saturated carbocycles. The summed E-state index contributed by atoms with van der Waals surface area (Å²) in [5, 5.41) is 27.5. The summed E-state index contributed by atoms with van der Waals surface area (Å²) in [5.41, 5.74) is 3.41. The van der Waals surface area contributed by atoms with Crippen LogP contribution >= 0.6 is 0 Å². The standard InChI is InChI=1S/C19H19N3O3/c1-25-17-6-5-13(8-16(17)12-3-2-4-15(20)7-12)19(24)14-9-21-18(11-23)22-10-14/h2-3,5-10,19-20,23-24H,4,11H2,1H3. The number of methoxy groups -OCH3 is 1. The van der Waals surface area contributed by atoms with Crippen molar-refractivity contribution in [2.24, 2.45) is 0 Å². The predicted molar refractivity (Wildman–Crippen MR) is 94.5 cm³/mol. The minimum Gasteiger partial charge on any atom is -0.496 e. The molecule has 25 heavy (non-hydrogen) atoms. The Balaban J connectivity index is 1.98. The number of nitrogens with zero attached hydrogens (tertiary/aromatic N) is 2. The number of aliphatic hydroxyl groups excluding tert-OH is 2. The first kappa shape index (κ1) is 17.0. The largest absolute Gasteiger partial charge is 0.496 e. The van der Waals surface area contributed by atoms with Crippen molar-refractivity contribution in [1.29, 1.82) is 5.41 Å². The molecular formula is C19H19N3O3. The van der Waals surface area contributed by atoms with Gasteiger partial charge in [0.2, 0.25) is 0 Å². The van der Waals surface area contributed by atoms with E-state index in [0.29, 0.717) is 34.8 Å². The lowest BCUT2D eigenvalue weighted by molar-refractivity contribution is 0.218. The molecule has 1 aliphatic rings. The van der Waals surface area contributed by atoms with Gasteiger partial charge in [-0.25, -0.2) is 9.97 Å². The molecule has 1 aromatic carbocycles. The molecule has 0 amide bonds. The monoisotopic (exact) mass is 337 g/mol. The van der Waals surface area contributed by atoms with Gasteiger partial charge >= 0.3 is 0 Å². The molecule has 0 bridgehead atoms. The lowest BCUT2D eigenvalue weighted by Gasteiger charge is -2.17. The van der Waals surface area contributed by atoms with E-state index in [1.807, 2.05) is 18.2 Å². The van der Waals surface area contributed by atoms with Crippen LogP contribution in [0.2, 0.25) is 0 Å². The van der Waals surface area contributed by atoms with Crippen LogP contribution in [-0.4, -0.2) is 33.0 Å². The summed E-state index contributed by atoms with van der Waals surface area (Å²) >= 11 is 0. The molecule has 1 heterocycles. The van der Waals surface area contributed by atoms with Crippen LogP contribution in [0.1, 0.15) is 35.0 Å². The summed E-state index contributed by atoms with van der Waals surface area (Å²) in [6, 6.07) is 5.42. The van der Waals surface area contributed by atoms with Crippen molar-refractivity contribution in [2.45, 2.75) is 19.1 Å². The van der Waals surface area contributed by atoms with Crippen LogP contribution in [0.25, 0.3) is 5.57 Å². The minimum atomic E-state index is -0.898. The SMILES string of the molecule is COc1ccc(C(O)c2cnc(CO)nc2)cc1C1=CC(=N)CC=C1. The van der Waals surface area contributed by atoms with E-state index in [-0.39, 0.29) is 6.61 Å². The van der Waals surface area contributed by atoms with E-state index in [0.717, 1.165) is 11.1 Å². The van der Waals surface area contributed by atoms with Crippen molar-refractivity contribution in [3.63, 3.8) is 0 Å². The first-order valence-electron chi connectivity index (χ1n) is 7.86. The van der Waals surface area contributed by atoms with Gasteiger partial charge in [0, 0.05) is 35.7 Å². The fourth-order valence-corrected chi connectivity index (χ4v) is 2.68. The van der Waals surface area contributed by atoms with E-state index in [1.54, 1.807) is 25.3 Å². The third-order valence-corrected chi connectivity index (χ3v) is 4.00. The highest BCUT2D eigenvalue weighted by Crippen LogP contribution is 2.33. The highest BCUT2D eigenvalue weighted by atomic mass is 16.5. The van der Waals surface area contributed by atoms with Gasteiger partial charge in [0.1, 0.15) is 18.5 Å². The van der Waals surface area contributed by atoms with Gasteiger partial charge in [0.15, 0.2) is 5.82 Å². The van der Waals surface area contributed by atoms with Crippen molar-refractivity contribution < 1.29 is 14.9 Å². The number of allylic oxidation sites excluding steroid dienone is 4. The van der Waals surface area contributed by atoms with E-state index >= 15 is 0 Å². The third kappa shape index (κ3) is 3.65. The molecule has 6 nitrogen and oxygen atoms in total. The second-order valence-electron chi connectivity index (χ2n) is 5.68. The summed E-state index contributed by atoms with van der Waals surface area (Å²) < 4.78 is 5.43. The maximum Gasteiger partial charge on any atom is 0.153 e. The molecule has 0 saturated heterocycles. The maximum absolute atomic E-state index is 10.6. The lowest BCUT2D eigenvalue weighted by Crippen LogP contribution is -2.05. The molecule has 3 N–H and O–H groups in total. The first-order chi connectivity index (χ1) is 12.1. The maximum atomic E-state index is 10.6. The van der Waals surface area contributed by atoms with Gasteiger partial charge in [-0.05, 0) is 29.3 Å². The summed E-state index contributed by atoms with van der Waals surface area (Å²) in [6.07, 6.45) is 8.40. The Kier molecular flexibility index (Phi) is 5.02. The zero-order valence-corrected chi connectivity index (χ0v) is 13.8. The molecule has 128 valence electrons. The van der Waals surface area contributed by atoms with Gasteiger partial charge in [-0.3, -0.25) is 0 Å². The number of ether oxygens (including phenoxy) is 1. The molecule has 1 unspecified atom stereocenters. The fourth-order valence-electron chi connectivity index (χ4n) is 2.68. The number of nitrogens with one attached hydrogen (secondary N) is 1. The predicted octanol–water partition coefficient (Wildman–Crippen LogP) is 2.42. The highest BCUT2D eigenvalue weighted by molar-refractivity contribution is 6.04. The number of benzene rings is 1. The molecular weight excluding hydrogens is 318 g/mol. The van der Waals surface area contributed by atoms with Gasteiger partial charge in [0.05, 0.1) is 7.11 Å². The van der Waals surface area contributed by atoms with Gasteiger partial charge in [0.25, 0.3) is 0 Å². The average Bonchev–Trinajstić information content (AvgIpc) is 2.67. The Hall–Kier alpha value is -2.83. The first-order valence-corrected chi connectivity index (χ1v) is 7.86. The third-order valence-electron chi connectivity index (χ3n) is 4.00. The lowest BCUT2D eigenvalue weighted by atomic mass is 9.94. The van der Waals surface area contributed by atoms with Gasteiger partial charge in [-0.2, -0.15) is 0 Å². The van der Waals surface area contributed by atoms with Crippen LogP contribution in [-0.2, 0) is 6.61 Å². The second kappa shape index (κ2) is 7.38. The van der Waals surface area contributed by atoms with Crippen LogP contribution in [0.3, 0.4) is 0 Å². The molecule has 0 spiro atoms. The molecule has 3 rings (SSSR count). The minimum absolute atomic E-state index is 0.241. The Morgan fingerprint density at radius 2 is 2.00 bits per heavy atom. The molecule has 6 heteroatoms. The molecule has 0 aliphatic heterocycles. The molecule has 1 atom stereocenters. The number of aliphatic hydroxyl groups is 2. The van der Waals surface area contributed by atoms with Gasteiger partial charge in [-0.1, -0.05) is 18.2 Å². The Morgan fingerprint density at radius 1 is 1.24 bits per heavy atom. The summed E-state index contributed by atoms with van der Waals surface area (Å²) in [6.45, 7) is -0.241. The van der Waals surface area contributed by atoms with E-state index in [1.165, 1.54) is 12.4 Å². The summed E-state index contributed by atoms with van der Waals surface area (Å²) in [4.78, 5) is 8.01. The normalized spacial score (nSPS) is 15.0. The Labute approximate surface area is 145 Å². The van der Waals surface area contributed by atoms with Crippen LogP contribution in [0, 0.1) is 5.41 Å². The zero-order chi connectivity index (χ0) is 17.8. The molecule has 2 aromatic rings.